The molecule has 29 heavy (non-hydrogen) atoms. The highest BCUT2D eigenvalue weighted by atomic mass is 15.1. The van der Waals surface area contributed by atoms with E-state index in [1.54, 1.807) is 0 Å². The van der Waals surface area contributed by atoms with E-state index in [4.69, 9.17) is 0 Å². The van der Waals surface area contributed by atoms with Gasteiger partial charge in [0.2, 0.25) is 0 Å². The second-order valence-electron chi connectivity index (χ2n) is 8.56. The summed E-state index contributed by atoms with van der Waals surface area (Å²) >= 11 is 0. The van der Waals surface area contributed by atoms with Crippen molar-refractivity contribution < 1.29 is 4.57 Å². The van der Waals surface area contributed by atoms with Crippen LogP contribution in [0.3, 0.4) is 0 Å². The average Bonchev–Trinajstić information content (AvgIpc) is 3.07. The van der Waals surface area contributed by atoms with Crippen molar-refractivity contribution in [1.82, 2.24) is 4.57 Å². The van der Waals surface area contributed by atoms with Crippen molar-refractivity contribution in [2.24, 2.45) is 11.8 Å². The molecule has 1 heterocycles. The van der Waals surface area contributed by atoms with Gasteiger partial charge in [0.1, 0.15) is 11.4 Å². The van der Waals surface area contributed by atoms with E-state index in [9.17, 15) is 0 Å². The average molecular weight is 386 g/mol. The maximum atomic E-state index is 4.05. The molecule has 2 aromatic carbocycles. The number of aromatic nitrogens is 2. The third-order valence-corrected chi connectivity index (χ3v) is 5.12. The summed E-state index contributed by atoms with van der Waals surface area (Å²) in [5.74, 6) is 1.31. The Balaban J connectivity index is 2.01. The zero-order valence-corrected chi connectivity index (χ0v) is 18.2. The fourth-order valence-electron chi connectivity index (χ4n) is 3.83. The van der Waals surface area contributed by atoms with E-state index in [0.717, 1.165) is 35.6 Å². The largest absolute Gasteiger partial charge is 0.255 e. The highest BCUT2D eigenvalue weighted by Crippen LogP contribution is 2.20. The molecule has 150 valence electrons. The van der Waals surface area contributed by atoms with E-state index >= 15 is 0 Å². The minimum absolute atomic E-state index is 0.657. The lowest BCUT2D eigenvalue weighted by Gasteiger charge is -2.05. The molecule has 0 unspecified atom stereocenters. The Morgan fingerprint density at radius 3 is 1.76 bits per heavy atom. The minimum Gasteiger partial charge on any atom is -0.195 e. The quantitative estimate of drug-likeness (QED) is 0.395. The van der Waals surface area contributed by atoms with Crippen molar-refractivity contribution in [3.05, 3.63) is 90.5 Å². The summed E-state index contributed by atoms with van der Waals surface area (Å²) in [6.07, 6.45) is 8.14. The molecule has 0 N–H and O–H groups in total. The van der Waals surface area contributed by atoms with Gasteiger partial charge in [-0.3, -0.25) is 0 Å². The predicted molar refractivity (Wildman–Crippen MR) is 125 cm³/mol. The maximum absolute atomic E-state index is 4.05. The predicted octanol–water partition coefficient (Wildman–Crippen LogP) is 6.44. The van der Waals surface area contributed by atoms with Crippen LogP contribution in [0, 0.1) is 11.8 Å². The lowest BCUT2D eigenvalue weighted by Crippen LogP contribution is -2.31. The van der Waals surface area contributed by atoms with E-state index < -0.39 is 0 Å². The van der Waals surface area contributed by atoms with Crippen LogP contribution in [0.2, 0.25) is 0 Å². The zero-order valence-electron chi connectivity index (χ0n) is 18.2. The van der Waals surface area contributed by atoms with Crippen molar-refractivity contribution in [2.75, 3.05) is 0 Å². The molecule has 1 aromatic heterocycles. The van der Waals surface area contributed by atoms with Crippen molar-refractivity contribution in [2.45, 2.75) is 40.5 Å². The van der Waals surface area contributed by atoms with Gasteiger partial charge in [-0.15, -0.1) is 0 Å². The van der Waals surface area contributed by atoms with Gasteiger partial charge in [0.25, 0.3) is 6.33 Å². The molecule has 0 amide bonds. The number of hydrogen-bond acceptors (Lipinski definition) is 0. The van der Waals surface area contributed by atoms with Crippen LogP contribution in [-0.2, 0) is 12.8 Å². The second kappa shape index (κ2) is 9.09. The van der Waals surface area contributed by atoms with E-state index in [-0.39, 0.29) is 0 Å². The van der Waals surface area contributed by atoms with Crippen LogP contribution in [0.5, 0.6) is 0 Å². The molecule has 0 fully saturated rings. The summed E-state index contributed by atoms with van der Waals surface area (Å²) in [4.78, 5) is 0. The number of imidazole rings is 1. The minimum atomic E-state index is 0.657. The van der Waals surface area contributed by atoms with Crippen molar-refractivity contribution >= 4 is 12.2 Å². The van der Waals surface area contributed by atoms with Crippen LogP contribution in [-0.4, -0.2) is 4.57 Å². The molecule has 2 heteroatoms. The molecule has 0 bridgehead atoms. The van der Waals surface area contributed by atoms with E-state index in [1.165, 1.54) is 11.1 Å². The van der Waals surface area contributed by atoms with Gasteiger partial charge in [-0.05, 0) is 72.2 Å². The number of nitrogens with zero attached hydrogens (tertiary/aromatic N) is 2. The first-order valence-corrected chi connectivity index (χ1v) is 10.5. The van der Waals surface area contributed by atoms with E-state index in [2.05, 4.69) is 105 Å². The Morgan fingerprint density at radius 1 is 0.793 bits per heavy atom. The highest BCUT2D eigenvalue weighted by molar-refractivity contribution is 5.59. The number of hydrogen-bond donors (Lipinski definition) is 0. The topological polar surface area (TPSA) is 8.81 Å². The molecule has 0 saturated heterocycles. The SMILES string of the molecule is C=Cc1c(C=C)[n+](-c2ccc(CC(C)C)cc2)cn1-c1ccc(CC(C)C)cc1. The molecule has 0 saturated carbocycles. The summed E-state index contributed by atoms with van der Waals surface area (Å²) in [5, 5.41) is 0. The zero-order chi connectivity index (χ0) is 21.0. The van der Waals surface area contributed by atoms with E-state index in [0.29, 0.717) is 11.8 Å². The third-order valence-electron chi connectivity index (χ3n) is 5.12. The Bertz CT molecular complexity index is 891. The van der Waals surface area contributed by atoms with Gasteiger partial charge in [0.15, 0.2) is 11.4 Å². The molecule has 0 radical (unpaired) electrons. The van der Waals surface area contributed by atoms with Gasteiger partial charge in [-0.25, -0.2) is 0 Å². The summed E-state index contributed by atoms with van der Waals surface area (Å²) in [6, 6.07) is 17.6. The van der Waals surface area contributed by atoms with Gasteiger partial charge in [0, 0.05) is 0 Å². The third kappa shape index (κ3) is 4.76. The van der Waals surface area contributed by atoms with Crippen LogP contribution in [0.4, 0.5) is 0 Å². The van der Waals surface area contributed by atoms with Crippen molar-refractivity contribution in [3.63, 3.8) is 0 Å². The lowest BCUT2D eigenvalue weighted by atomic mass is 10.0. The molecule has 3 aromatic rings. The Hall–Kier alpha value is -2.87. The normalized spacial score (nSPS) is 11.2. The van der Waals surface area contributed by atoms with Crippen LogP contribution >= 0.6 is 0 Å². The molecule has 0 aliphatic carbocycles. The smallest absolute Gasteiger partial charge is 0.195 e. The van der Waals surface area contributed by atoms with Crippen LogP contribution in [0.25, 0.3) is 23.5 Å². The second-order valence-corrected chi connectivity index (χ2v) is 8.56. The summed E-state index contributed by atoms with van der Waals surface area (Å²) in [5.41, 5.74) is 7.09. The molecule has 0 atom stereocenters. The molecular weight excluding hydrogens is 352 g/mol. The number of benzene rings is 2. The van der Waals surface area contributed by atoms with Gasteiger partial charge < -0.3 is 0 Å². The van der Waals surface area contributed by atoms with Gasteiger partial charge in [0.05, 0.1) is 0 Å². The van der Waals surface area contributed by atoms with Crippen molar-refractivity contribution in [1.29, 1.82) is 0 Å². The fraction of sp³-hybridized carbons (Fsp3) is 0.296. The van der Waals surface area contributed by atoms with Crippen LogP contribution in [0.15, 0.2) is 68.0 Å². The lowest BCUT2D eigenvalue weighted by molar-refractivity contribution is -0.596. The molecule has 0 spiro atoms. The Labute approximate surface area is 175 Å². The molecule has 3 rings (SSSR count). The highest BCUT2D eigenvalue weighted by Gasteiger charge is 2.21. The number of rotatable bonds is 8. The van der Waals surface area contributed by atoms with Gasteiger partial charge in [-0.2, -0.15) is 9.13 Å². The first-order valence-electron chi connectivity index (χ1n) is 10.5. The van der Waals surface area contributed by atoms with E-state index in [1.807, 2.05) is 12.2 Å². The molecule has 0 aliphatic heterocycles. The fourth-order valence-corrected chi connectivity index (χ4v) is 3.83. The van der Waals surface area contributed by atoms with Crippen molar-refractivity contribution in [3.8, 4) is 11.4 Å². The Kier molecular flexibility index (Phi) is 6.53. The van der Waals surface area contributed by atoms with Crippen LogP contribution in [0.1, 0.15) is 50.2 Å². The maximum Gasteiger partial charge on any atom is 0.255 e. The molecular formula is C27H33N2+. The van der Waals surface area contributed by atoms with Crippen LogP contribution < -0.4 is 4.57 Å². The summed E-state index contributed by atoms with van der Waals surface area (Å²) in [7, 11) is 0. The first-order chi connectivity index (χ1) is 13.9. The first kappa shape index (κ1) is 20.9. The van der Waals surface area contributed by atoms with Gasteiger partial charge in [-0.1, -0.05) is 65.1 Å². The molecule has 0 aliphatic rings. The monoisotopic (exact) mass is 385 g/mol. The van der Waals surface area contributed by atoms with Gasteiger partial charge >= 0.3 is 0 Å². The standard InChI is InChI=1S/C27H33N2/c1-7-26-27(8-2)29(25-15-11-23(12-16-25)18-21(5)6)19-28(26)24-13-9-22(10-14-24)17-20(3)4/h7-16,19-21H,1-2,17-18H2,3-6H3/q+1. The summed E-state index contributed by atoms with van der Waals surface area (Å²) in [6.45, 7) is 17.1. The molecule has 2 nitrogen and oxygen atoms in total. The summed E-state index contributed by atoms with van der Waals surface area (Å²) < 4.78 is 4.37. The Morgan fingerprint density at radius 2 is 1.31 bits per heavy atom.